The highest BCUT2D eigenvalue weighted by molar-refractivity contribution is 7.89. The molecule has 5 rings (SSSR count). The molecule has 3 aromatic carbocycles. The molecule has 2 heterocycles. The Bertz CT molecular complexity index is 1440. The van der Waals surface area contributed by atoms with Crippen LogP contribution in [-0.4, -0.2) is 43.1 Å². The molecule has 38 heavy (non-hydrogen) atoms. The van der Waals surface area contributed by atoms with Crippen LogP contribution in [0.5, 0.6) is 0 Å². The Kier molecular flexibility index (Phi) is 6.72. The van der Waals surface area contributed by atoms with Crippen molar-refractivity contribution in [3.8, 4) is 0 Å². The summed E-state index contributed by atoms with van der Waals surface area (Å²) in [6.07, 6.45) is -2.64. The summed E-state index contributed by atoms with van der Waals surface area (Å²) < 4.78 is 41.1. The Morgan fingerprint density at radius 1 is 0.921 bits per heavy atom. The number of fused-ring (bicyclic) bond motifs is 3. The summed E-state index contributed by atoms with van der Waals surface area (Å²) in [4.78, 5) is 27.3. The number of anilines is 1. The lowest BCUT2D eigenvalue weighted by Crippen LogP contribution is -2.46. The lowest BCUT2D eigenvalue weighted by atomic mass is 10.1. The molecular weight excluding hydrogens is 506 g/mol. The number of rotatable bonds is 5. The molecule has 1 saturated heterocycles. The average molecular weight is 536 g/mol. The van der Waals surface area contributed by atoms with Crippen LogP contribution in [0.1, 0.15) is 44.2 Å². The first-order chi connectivity index (χ1) is 18.1. The van der Waals surface area contributed by atoms with Gasteiger partial charge < -0.3 is 14.8 Å². The third-order valence-corrected chi connectivity index (χ3v) is 8.11. The van der Waals surface area contributed by atoms with Crippen LogP contribution in [0, 0.1) is 0 Å². The van der Waals surface area contributed by atoms with E-state index in [-0.39, 0.29) is 11.4 Å². The highest BCUT2D eigenvalue weighted by Gasteiger charge is 2.57. The second-order valence-electron chi connectivity index (χ2n) is 10.1. The lowest BCUT2D eigenvalue weighted by molar-refractivity contribution is -0.120. The maximum absolute atomic E-state index is 14.1. The summed E-state index contributed by atoms with van der Waals surface area (Å²) in [6.45, 7) is 4.84. The molecule has 2 aliphatic heterocycles. The van der Waals surface area contributed by atoms with Gasteiger partial charge in [-0.1, -0.05) is 66.7 Å². The van der Waals surface area contributed by atoms with Crippen LogP contribution in [0.4, 0.5) is 10.5 Å². The van der Waals surface area contributed by atoms with Crippen molar-refractivity contribution in [3.63, 3.8) is 0 Å². The predicted octanol–water partition coefficient (Wildman–Crippen LogP) is 4.35. The molecule has 3 atom stereocenters. The van der Waals surface area contributed by atoms with Crippen LogP contribution in [0.15, 0.2) is 89.8 Å². The molecule has 10 heteroatoms. The van der Waals surface area contributed by atoms with Crippen LogP contribution >= 0.6 is 0 Å². The molecule has 1 unspecified atom stereocenters. The van der Waals surface area contributed by atoms with E-state index in [1.54, 1.807) is 87.5 Å². The fourth-order valence-corrected chi connectivity index (χ4v) is 6.47. The maximum atomic E-state index is 14.1. The van der Waals surface area contributed by atoms with E-state index in [4.69, 9.17) is 9.47 Å². The molecule has 9 nitrogen and oxygen atoms in total. The van der Waals surface area contributed by atoms with Gasteiger partial charge >= 0.3 is 6.09 Å². The summed E-state index contributed by atoms with van der Waals surface area (Å²) in [5.41, 5.74) is 1.08. The molecule has 3 aromatic rings. The number of sulfonamides is 1. The Balaban J connectivity index is 1.54. The van der Waals surface area contributed by atoms with E-state index in [0.29, 0.717) is 16.8 Å². The molecule has 0 aliphatic carbocycles. The Morgan fingerprint density at radius 2 is 1.53 bits per heavy atom. The smallest absolute Gasteiger partial charge is 0.408 e. The van der Waals surface area contributed by atoms with Gasteiger partial charge in [0.15, 0.2) is 12.5 Å². The minimum atomic E-state index is -4.05. The molecule has 0 radical (unpaired) electrons. The van der Waals surface area contributed by atoms with E-state index in [0.717, 1.165) is 0 Å². The van der Waals surface area contributed by atoms with Crippen LogP contribution in [0.2, 0.25) is 0 Å². The number of nitrogens with one attached hydrogen (secondary N) is 1. The maximum Gasteiger partial charge on any atom is 0.408 e. The zero-order valence-electron chi connectivity index (χ0n) is 21.3. The molecule has 1 fully saturated rings. The number of amides is 2. The van der Waals surface area contributed by atoms with E-state index >= 15 is 0 Å². The molecule has 198 valence electrons. The summed E-state index contributed by atoms with van der Waals surface area (Å²) in [6, 6.07) is 23.5. The third-order valence-electron chi connectivity index (χ3n) is 6.27. The average Bonchev–Trinajstić information content (AvgIpc) is 3.43. The molecule has 0 aromatic heterocycles. The SMILES string of the molecule is CC(C)(C)OC(=O)NCC(=O)N1c2ccccc2[C@H]2[C@@H]1OC(c1ccccc1)N2S(=O)(=O)c1ccccc1. The van der Waals surface area contributed by atoms with Crippen molar-refractivity contribution in [2.45, 2.75) is 49.8 Å². The zero-order valence-corrected chi connectivity index (χ0v) is 22.1. The third kappa shape index (κ3) is 4.78. The van der Waals surface area contributed by atoms with Gasteiger partial charge in [-0.15, -0.1) is 0 Å². The van der Waals surface area contributed by atoms with Gasteiger partial charge in [0.1, 0.15) is 18.2 Å². The van der Waals surface area contributed by atoms with E-state index in [1.807, 2.05) is 18.2 Å². The number of benzene rings is 3. The first-order valence-electron chi connectivity index (χ1n) is 12.2. The van der Waals surface area contributed by atoms with Gasteiger partial charge in [0.05, 0.1) is 10.6 Å². The monoisotopic (exact) mass is 535 g/mol. The van der Waals surface area contributed by atoms with Gasteiger partial charge in [-0.2, -0.15) is 4.31 Å². The standard InChI is InChI=1S/C28H29N3O6S/c1-28(2,3)37-27(33)29-18-23(32)30-22-17-11-10-16-21(22)24-26(30)36-25(19-12-6-4-7-13-19)31(24)38(34,35)20-14-8-5-9-15-20/h4-17,24-26H,18H2,1-3H3,(H,29,33)/t24-,25?,26-/m0/s1. The van der Waals surface area contributed by atoms with E-state index in [1.165, 1.54) is 9.21 Å². The molecular formula is C28H29N3O6S. The predicted molar refractivity (Wildman–Crippen MR) is 140 cm³/mol. The van der Waals surface area contributed by atoms with Crippen molar-refractivity contribution in [1.29, 1.82) is 0 Å². The van der Waals surface area contributed by atoms with E-state index < -0.39 is 46.1 Å². The Morgan fingerprint density at radius 3 is 2.18 bits per heavy atom. The molecule has 0 bridgehead atoms. The van der Waals surface area contributed by atoms with Gasteiger partial charge in [0.2, 0.25) is 15.9 Å². The zero-order chi connectivity index (χ0) is 27.1. The van der Waals surface area contributed by atoms with E-state index in [9.17, 15) is 18.0 Å². The normalized spacial score (nSPS) is 21.0. The summed E-state index contributed by atoms with van der Waals surface area (Å²) >= 11 is 0. The van der Waals surface area contributed by atoms with Crippen molar-refractivity contribution < 1.29 is 27.5 Å². The minimum Gasteiger partial charge on any atom is -0.444 e. The molecule has 1 N–H and O–H groups in total. The number of hydrogen-bond donors (Lipinski definition) is 1. The summed E-state index contributed by atoms with van der Waals surface area (Å²) in [7, 11) is -4.05. The molecule has 0 spiro atoms. The second kappa shape index (κ2) is 9.86. The Hall–Kier alpha value is -3.73. The number of carbonyl (C=O) groups excluding carboxylic acids is 2. The molecule has 2 amide bonds. The quantitative estimate of drug-likeness (QED) is 0.521. The van der Waals surface area contributed by atoms with Crippen LogP contribution in [0.3, 0.4) is 0 Å². The fourth-order valence-electron chi connectivity index (χ4n) is 4.78. The van der Waals surface area contributed by atoms with Crippen molar-refractivity contribution in [2.24, 2.45) is 0 Å². The summed E-state index contributed by atoms with van der Waals surface area (Å²) in [5.74, 6) is -0.457. The first kappa shape index (κ1) is 25.9. The van der Waals surface area contributed by atoms with Crippen molar-refractivity contribution in [2.75, 3.05) is 11.4 Å². The van der Waals surface area contributed by atoms with Crippen LogP contribution in [0.25, 0.3) is 0 Å². The number of nitrogens with zero attached hydrogens (tertiary/aromatic N) is 2. The van der Waals surface area contributed by atoms with E-state index in [2.05, 4.69) is 5.32 Å². The second-order valence-corrected chi connectivity index (χ2v) is 11.9. The minimum absolute atomic E-state index is 0.124. The molecule has 2 aliphatic rings. The van der Waals surface area contributed by atoms with Gasteiger partial charge in [-0.05, 0) is 50.1 Å². The van der Waals surface area contributed by atoms with Gasteiger partial charge in [-0.3, -0.25) is 9.69 Å². The van der Waals surface area contributed by atoms with Gasteiger partial charge in [0.25, 0.3) is 0 Å². The highest BCUT2D eigenvalue weighted by atomic mass is 32.2. The van der Waals surface area contributed by atoms with Crippen molar-refractivity contribution >= 4 is 27.7 Å². The topological polar surface area (TPSA) is 105 Å². The number of alkyl carbamates (subject to hydrolysis) is 1. The fraction of sp³-hybridized carbons (Fsp3) is 0.286. The van der Waals surface area contributed by atoms with Gasteiger partial charge in [-0.25, -0.2) is 13.2 Å². The Labute approximate surface area is 222 Å². The van der Waals surface area contributed by atoms with Gasteiger partial charge in [0, 0.05) is 0 Å². The lowest BCUT2D eigenvalue weighted by Gasteiger charge is -2.27. The molecule has 0 saturated carbocycles. The number of ether oxygens (including phenoxy) is 2. The summed E-state index contributed by atoms with van der Waals surface area (Å²) in [5, 5.41) is 2.50. The largest absolute Gasteiger partial charge is 0.444 e. The van der Waals surface area contributed by atoms with Crippen molar-refractivity contribution in [3.05, 3.63) is 96.1 Å². The first-order valence-corrected chi connectivity index (χ1v) is 13.7. The van der Waals surface area contributed by atoms with Crippen LogP contribution in [-0.2, 0) is 24.3 Å². The number of para-hydroxylation sites is 1. The van der Waals surface area contributed by atoms with Crippen molar-refractivity contribution in [1.82, 2.24) is 9.62 Å². The number of hydrogen-bond acceptors (Lipinski definition) is 6. The highest BCUT2D eigenvalue weighted by Crippen LogP contribution is 2.54. The number of carbonyl (C=O) groups is 2. The van der Waals surface area contributed by atoms with Crippen LogP contribution < -0.4 is 10.2 Å².